The molecule has 1 aromatic carbocycles. The van der Waals surface area contributed by atoms with Gasteiger partial charge in [0.1, 0.15) is 5.84 Å². The predicted molar refractivity (Wildman–Crippen MR) is 69.1 cm³/mol. The zero-order valence-corrected chi connectivity index (χ0v) is 10.1. The van der Waals surface area contributed by atoms with Gasteiger partial charge in [0.15, 0.2) is 0 Å². The number of amidine groups is 1. The maximum atomic E-state index is 11.1. The number of fused-ring (bicyclic) bond motifs is 1. The van der Waals surface area contributed by atoms with E-state index in [1.54, 1.807) is 12.1 Å². The topological polar surface area (TPSA) is 67.5 Å². The number of nitro groups is 1. The van der Waals surface area contributed by atoms with Gasteiger partial charge in [-0.05, 0) is 24.8 Å². The monoisotopic (exact) mass is 245 g/mol. The lowest BCUT2D eigenvalue weighted by molar-refractivity contribution is -0.385. The van der Waals surface area contributed by atoms with Crippen molar-refractivity contribution in [1.29, 1.82) is 0 Å². The van der Waals surface area contributed by atoms with E-state index in [-0.39, 0.29) is 16.5 Å². The second-order valence-electron chi connectivity index (χ2n) is 4.74. The summed E-state index contributed by atoms with van der Waals surface area (Å²) in [6.45, 7) is 1.70. The van der Waals surface area contributed by atoms with Gasteiger partial charge in [-0.3, -0.25) is 15.1 Å². The molecule has 3 rings (SSSR count). The zero-order valence-electron chi connectivity index (χ0n) is 10.1. The van der Waals surface area contributed by atoms with Crippen molar-refractivity contribution < 1.29 is 4.92 Å². The Morgan fingerprint density at radius 2 is 2.33 bits per heavy atom. The largest absolute Gasteiger partial charge is 0.371 e. The first-order valence-corrected chi connectivity index (χ1v) is 6.32. The summed E-state index contributed by atoms with van der Waals surface area (Å²) in [5, 5.41) is 14.4. The van der Waals surface area contributed by atoms with E-state index < -0.39 is 0 Å². The van der Waals surface area contributed by atoms with Crippen LogP contribution in [0.2, 0.25) is 0 Å². The lowest BCUT2D eigenvalue weighted by Gasteiger charge is -2.25. The number of aliphatic imine (C=N–C) groups is 1. The van der Waals surface area contributed by atoms with Crippen molar-refractivity contribution in [2.75, 3.05) is 13.1 Å². The van der Waals surface area contributed by atoms with Crippen LogP contribution in [0.15, 0.2) is 23.2 Å². The molecule has 0 fully saturated rings. The second kappa shape index (κ2) is 4.40. The van der Waals surface area contributed by atoms with Crippen LogP contribution < -0.4 is 5.32 Å². The molecule has 94 valence electrons. The highest BCUT2D eigenvalue weighted by molar-refractivity contribution is 5.91. The van der Waals surface area contributed by atoms with Crippen molar-refractivity contribution in [1.82, 2.24) is 5.32 Å². The summed E-state index contributed by atoms with van der Waals surface area (Å²) in [6.07, 6.45) is 2.82. The molecule has 0 aromatic heterocycles. The molecule has 0 bridgehead atoms. The highest BCUT2D eigenvalue weighted by Gasteiger charge is 2.30. The standard InChI is InChI=1S/C13H15N3O2/c17-16(18)12-6-2-3-9-10(12)4-1-5-11(9)13-14-7-8-15-13/h2-3,6,11H,1,4-5,7-8H2,(H,14,15). The SMILES string of the molecule is O=[N+]([O-])c1cccc2c1CCCC2C1=NCCN1. The lowest BCUT2D eigenvalue weighted by Crippen LogP contribution is -2.28. The van der Waals surface area contributed by atoms with E-state index in [4.69, 9.17) is 0 Å². The third-order valence-electron chi connectivity index (χ3n) is 3.71. The van der Waals surface area contributed by atoms with Crippen molar-refractivity contribution in [3.05, 3.63) is 39.4 Å². The van der Waals surface area contributed by atoms with E-state index in [1.165, 1.54) is 0 Å². The molecule has 0 saturated carbocycles. The van der Waals surface area contributed by atoms with Crippen molar-refractivity contribution in [3.8, 4) is 0 Å². The van der Waals surface area contributed by atoms with Crippen molar-refractivity contribution in [2.24, 2.45) is 4.99 Å². The molecule has 1 N–H and O–H groups in total. The highest BCUT2D eigenvalue weighted by Crippen LogP contribution is 2.37. The first-order chi connectivity index (χ1) is 8.77. The summed E-state index contributed by atoms with van der Waals surface area (Å²) in [7, 11) is 0. The fraction of sp³-hybridized carbons (Fsp3) is 0.462. The van der Waals surface area contributed by atoms with Gasteiger partial charge in [0, 0.05) is 24.1 Å². The van der Waals surface area contributed by atoms with Crippen LogP contribution >= 0.6 is 0 Å². The minimum atomic E-state index is -0.273. The Morgan fingerprint density at radius 1 is 1.44 bits per heavy atom. The van der Waals surface area contributed by atoms with Crippen LogP contribution in [0.5, 0.6) is 0 Å². The number of hydrogen-bond donors (Lipinski definition) is 1. The molecule has 0 spiro atoms. The van der Waals surface area contributed by atoms with E-state index >= 15 is 0 Å². The highest BCUT2D eigenvalue weighted by atomic mass is 16.6. The first kappa shape index (κ1) is 11.2. The van der Waals surface area contributed by atoms with Gasteiger partial charge in [-0.15, -0.1) is 0 Å². The Labute approximate surface area is 105 Å². The van der Waals surface area contributed by atoms with Crippen molar-refractivity contribution in [2.45, 2.75) is 25.2 Å². The fourth-order valence-electron chi connectivity index (χ4n) is 2.93. The van der Waals surface area contributed by atoms with E-state index in [0.717, 1.165) is 49.3 Å². The molecule has 5 heteroatoms. The molecule has 0 saturated heterocycles. The molecule has 1 unspecified atom stereocenters. The molecule has 2 aliphatic rings. The maximum Gasteiger partial charge on any atom is 0.272 e. The van der Waals surface area contributed by atoms with Gasteiger partial charge < -0.3 is 5.32 Å². The van der Waals surface area contributed by atoms with Gasteiger partial charge in [-0.2, -0.15) is 0 Å². The third-order valence-corrected chi connectivity index (χ3v) is 3.71. The van der Waals surface area contributed by atoms with Gasteiger partial charge in [0.2, 0.25) is 0 Å². The Bertz CT molecular complexity index is 525. The van der Waals surface area contributed by atoms with Crippen molar-refractivity contribution >= 4 is 11.5 Å². The lowest BCUT2D eigenvalue weighted by atomic mass is 9.81. The van der Waals surface area contributed by atoms with Gasteiger partial charge in [-0.1, -0.05) is 12.1 Å². The number of nitro benzene ring substituents is 1. The van der Waals surface area contributed by atoms with Crippen LogP contribution in [0.3, 0.4) is 0 Å². The summed E-state index contributed by atoms with van der Waals surface area (Å²) in [5.74, 6) is 1.23. The molecule has 1 atom stereocenters. The molecule has 0 radical (unpaired) electrons. The molecule has 5 nitrogen and oxygen atoms in total. The van der Waals surface area contributed by atoms with Gasteiger partial charge >= 0.3 is 0 Å². The molecular formula is C13H15N3O2. The van der Waals surface area contributed by atoms with Crippen LogP contribution in [-0.4, -0.2) is 23.8 Å². The van der Waals surface area contributed by atoms with Gasteiger partial charge in [-0.25, -0.2) is 0 Å². The van der Waals surface area contributed by atoms with Gasteiger partial charge in [0.05, 0.1) is 11.5 Å². The number of hydrogen-bond acceptors (Lipinski definition) is 4. The predicted octanol–water partition coefficient (Wildman–Crippen LogP) is 2.02. The number of nitrogens with zero attached hydrogens (tertiary/aromatic N) is 2. The van der Waals surface area contributed by atoms with E-state index in [0.29, 0.717) is 0 Å². The molecule has 0 amide bonds. The van der Waals surface area contributed by atoms with Gasteiger partial charge in [0.25, 0.3) is 5.69 Å². The minimum absolute atomic E-state index is 0.219. The van der Waals surface area contributed by atoms with Crippen LogP contribution in [0.25, 0.3) is 0 Å². The number of nitrogens with one attached hydrogen (secondary N) is 1. The number of benzene rings is 1. The maximum absolute atomic E-state index is 11.1. The Balaban J connectivity index is 2.05. The van der Waals surface area contributed by atoms with E-state index in [2.05, 4.69) is 10.3 Å². The second-order valence-corrected chi connectivity index (χ2v) is 4.74. The third kappa shape index (κ3) is 1.75. The molecular weight excluding hydrogens is 230 g/mol. The van der Waals surface area contributed by atoms with Crippen LogP contribution in [0.4, 0.5) is 5.69 Å². The average molecular weight is 245 g/mol. The molecule has 18 heavy (non-hydrogen) atoms. The van der Waals surface area contributed by atoms with E-state index in [1.807, 2.05) is 6.07 Å². The molecule has 1 aliphatic heterocycles. The summed E-state index contributed by atoms with van der Waals surface area (Å²) < 4.78 is 0. The fourth-order valence-corrected chi connectivity index (χ4v) is 2.93. The normalized spacial score (nSPS) is 22.0. The molecule has 1 heterocycles. The summed E-state index contributed by atoms with van der Waals surface area (Å²) >= 11 is 0. The summed E-state index contributed by atoms with van der Waals surface area (Å²) in [5.41, 5.74) is 2.24. The molecule has 1 aromatic rings. The average Bonchev–Trinajstić information content (AvgIpc) is 2.91. The Morgan fingerprint density at radius 3 is 3.06 bits per heavy atom. The Kier molecular flexibility index (Phi) is 2.74. The summed E-state index contributed by atoms with van der Waals surface area (Å²) in [4.78, 5) is 15.3. The van der Waals surface area contributed by atoms with Crippen LogP contribution in [0, 0.1) is 10.1 Å². The smallest absolute Gasteiger partial charge is 0.272 e. The minimum Gasteiger partial charge on any atom is -0.371 e. The van der Waals surface area contributed by atoms with Crippen LogP contribution in [0.1, 0.15) is 29.9 Å². The first-order valence-electron chi connectivity index (χ1n) is 6.32. The van der Waals surface area contributed by atoms with E-state index in [9.17, 15) is 10.1 Å². The molecule has 1 aliphatic carbocycles. The van der Waals surface area contributed by atoms with Crippen LogP contribution in [-0.2, 0) is 6.42 Å². The van der Waals surface area contributed by atoms with Crippen molar-refractivity contribution in [3.63, 3.8) is 0 Å². The zero-order chi connectivity index (χ0) is 12.5. The summed E-state index contributed by atoms with van der Waals surface area (Å²) in [6, 6.07) is 5.39. The number of rotatable bonds is 2. The Hall–Kier alpha value is -1.91. The quantitative estimate of drug-likeness (QED) is 0.640.